The Hall–Kier alpha value is -2.58. The van der Waals surface area contributed by atoms with E-state index in [0.29, 0.717) is 30.1 Å². The molecule has 0 bridgehead atoms. The molecule has 0 saturated carbocycles. The second-order valence-corrected chi connectivity index (χ2v) is 7.75. The molecule has 0 amide bonds. The van der Waals surface area contributed by atoms with Gasteiger partial charge in [-0.05, 0) is 61.4 Å². The Morgan fingerprint density at radius 2 is 1.58 bits per heavy atom. The summed E-state index contributed by atoms with van der Waals surface area (Å²) >= 11 is 0. The maximum Gasteiger partial charge on any atom is 0.322 e. The Labute approximate surface area is 151 Å². The molecule has 1 aliphatic heterocycles. The van der Waals surface area contributed by atoms with Crippen LogP contribution >= 0.6 is 0 Å². The van der Waals surface area contributed by atoms with Crippen molar-refractivity contribution in [3.63, 3.8) is 0 Å². The van der Waals surface area contributed by atoms with Crippen molar-refractivity contribution in [2.24, 2.45) is 0 Å². The third kappa shape index (κ3) is 3.66. The number of hydrogen-bond acceptors (Lipinski definition) is 5. The quantitative estimate of drug-likeness (QED) is 0.832. The maximum atomic E-state index is 12.7. The van der Waals surface area contributed by atoms with Crippen LogP contribution in [0.2, 0.25) is 0 Å². The van der Waals surface area contributed by atoms with Crippen LogP contribution in [-0.2, 0) is 14.8 Å². The summed E-state index contributed by atoms with van der Waals surface area (Å²) in [5.74, 6) is 0.653. The summed E-state index contributed by atoms with van der Waals surface area (Å²) in [5.41, 5.74) is 0. The molecule has 2 aromatic rings. The first-order valence-corrected chi connectivity index (χ1v) is 9.52. The lowest BCUT2D eigenvalue weighted by Crippen LogP contribution is -2.40. The maximum absolute atomic E-state index is 12.7. The molecule has 1 fully saturated rings. The number of nitrogens with zero attached hydrogens (tertiary/aromatic N) is 1. The molecule has 1 atom stereocenters. The van der Waals surface area contributed by atoms with E-state index in [0.717, 1.165) is 4.31 Å². The van der Waals surface area contributed by atoms with Gasteiger partial charge < -0.3 is 14.6 Å². The molecular formula is C18H19NO6S. The van der Waals surface area contributed by atoms with Crippen molar-refractivity contribution in [2.75, 3.05) is 13.7 Å². The van der Waals surface area contributed by atoms with Crippen LogP contribution in [0.1, 0.15) is 12.8 Å². The van der Waals surface area contributed by atoms with E-state index in [2.05, 4.69) is 0 Å². The van der Waals surface area contributed by atoms with E-state index in [1.165, 1.54) is 12.1 Å². The lowest BCUT2D eigenvalue weighted by Gasteiger charge is -2.21. The van der Waals surface area contributed by atoms with Crippen LogP contribution in [0.5, 0.6) is 17.2 Å². The van der Waals surface area contributed by atoms with Gasteiger partial charge in [-0.3, -0.25) is 4.79 Å². The Balaban J connectivity index is 1.77. The highest BCUT2D eigenvalue weighted by atomic mass is 32.2. The average Bonchev–Trinajstić information content (AvgIpc) is 3.14. The van der Waals surface area contributed by atoms with Crippen molar-refractivity contribution >= 4 is 16.0 Å². The van der Waals surface area contributed by atoms with E-state index in [4.69, 9.17) is 9.47 Å². The molecule has 138 valence electrons. The summed E-state index contributed by atoms with van der Waals surface area (Å²) in [7, 11) is -2.28. The third-order valence-electron chi connectivity index (χ3n) is 4.21. The highest BCUT2D eigenvalue weighted by molar-refractivity contribution is 7.89. The summed E-state index contributed by atoms with van der Waals surface area (Å²) < 4.78 is 37.2. The first kappa shape index (κ1) is 18.2. The van der Waals surface area contributed by atoms with Crippen LogP contribution in [-0.4, -0.2) is 43.5 Å². The average molecular weight is 377 g/mol. The standard InChI is InChI=1S/C18H19NO6S/c1-24-13-4-6-14(7-5-13)25-15-8-10-16(11-9-15)26(22,23)19-12-2-3-17(19)18(20)21/h4-11,17H,2-3,12H2,1H3,(H,20,21)/t17-/m1/s1. The van der Waals surface area contributed by atoms with Gasteiger partial charge in [0.2, 0.25) is 10.0 Å². The van der Waals surface area contributed by atoms with Crippen molar-refractivity contribution < 1.29 is 27.8 Å². The van der Waals surface area contributed by atoms with Gasteiger partial charge in [-0.1, -0.05) is 0 Å². The number of carbonyl (C=O) groups is 1. The number of benzene rings is 2. The Morgan fingerprint density at radius 1 is 1.04 bits per heavy atom. The van der Waals surface area contributed by atoms with Crippen molar-refractivity contribution in [3.8, 4) is 17.2 Å². The van der Waals surface area contributed by atoms with E-state index in [-0.39, 0.29) is 11.4 Å². The second-order valence-electron chi connectivity index (χ2n) is 5.86. The molecular weight excluding hydrogens is 358 g/mol. The smallest absolute Gasteiger partial charge is 0.322 e. The molecule has 1 heterocycles. The summed E-state index contributed by atoms with van der Waals surface area (Å²) in [6.07, 6.45) is 0.863. The van der Waals surface area contributed by atoms with Gasteiger partial charge in [-0.2, -0.15) is 4.31 Å². The predicted molar refractivity (Wildman–Crippen MR) is 94.1 cm³/mol. The van der Waals surface area contributed by atoms with Gasteiger partial charge >= 0.3 is 5.97 Å². The van der Waals surface area contributed by atoms with Crippen LogP contribution in [0, 0.1) is 0 Å². The van der Waals surface area contributed by atoms with E-state index < -0.39 is 22.0 Å². The van der Waals surface area contributed by atoms with E-state index in [1.54, 1.807) is 43.5 Å². The molecule has 0 aliphatic carbocycles. The first-order chi connectivity index (χ1) is 12.4. The fraction of sp³-hybridized carbons (Fsp3) is 0.278. The summed E-state index contributed by atoms with van der Waals surface area (Å²) in [6.45, 7) is 0.212. The van der Waals surface area contributed by atoms with Crippen molar-refractivity contribution in [2.45, 2.75) is 23.8 Å². The molecule has 0 unspecified atom stereocenters. The largest absolute Gasteiger partial charge is 0.497 e. The Morgan fingerprint density at radius 3 is 2.12 bits per heavy atom. The lowest BCUT2D eigenvalue weighted by atomic mass is 10.2. The van der Waals surface area contributed by atoms with Gasteiger partial charge in [-0.15, -0.1) is 0 Å². The Kier molecular flexibility index (Phi) is 5.15. The summed E-state index contributed by atoms with van der Waals surface area (Å²) in [4.78, 5) is 11.3. The number of carboxylic acids is 1. The van der Waals surface area contributed by atoms with Gasteiger partial charge in [0.15, 0.2) is 0 Å². The summed E-state index contributed by atoms with van der Waals surface area (Å²) in [6, 6.07) is 11.9. The minimum Gasteiger partial charge on any atom is -0.497 e. The number of carboxylic acid groups (broad SMARTS) is 1. The number of rotatable bonds is 6. The molecule has 1 N–H and O–H groups in total. The molecule has 8 heteroatoms. The molecule has 0 radical (unpaired) electrons. The Bertz CT molecular complexity index is 877. The van der Waals surface area contributed by atoms with E-state index in [9.17, 15) is 18.3 Å². The number of aliphatic carboxylic acids is 1. The summed E-state index contributed by atoms with van der Waals surface area (Å²) in [5, 5.41) is 9.20. The van der Waals surface area contributed by atoms with Crippen LogP contribution in [0.3, 0.4) is 0 Å². The highest BCUT2D eigenvalue weighted by Crippen LogP contribution is 2.29. The molecule has 0 spiro atoms. The topological polar surface area (TPSA) is 93.1 Å². The molecule has 3 rings (SSSR count). The molecule has 1 saturated heterocycles. The first-order valence-electron chi connectivity index (χ1n) is 8.08. The third-order valence-corrected chi connectivity index (χ3v) is 6.14. The minimum atomic E-state index is -3.85. The SMILES string of the molecule is COc1ccc(Oc2ccc(S(=O)(=O)N3CCC[C@@H]3C(=O)O)cc2)cc1. The molecule has 0 aromatic heterocycles. The van der Waals surface area contributed by atoms with Crippen molar-refractivity contribution in [3.05, 3.63) is 48.5 Å². The fourth-order valence-electron chi connectivity index (χ4n) is 2.87. The van der Waals surface area contributed by atoms with Crippen molar-refractivity contribution in [1.29, 1.82) is 0 Å². The molecule has 1 aliphatic rings. The molecule has 2 aromatic carbocycles. The van der Waals surface area contributed by atoms with E-state index in [1.807, 2.05) is 0 Å². The number of sulfonamides is 1. The molecule has 7 nitrogen and oxygen atoms in total. The number of methoxy groups -OCH3 is 1. The van der Waals surface area contributed by atoms with Crippen LogP contribution < -0.4 is 9.47 Å². The van der Waals surface area contributed by atoms with Crippen LogP contribution in [0.15, 0.2) is 53.4 Å². The molecule has 26 heavy (non-hydrogen) atoms. The van der Waals surface area contributed by atoms with Crippen LogP contribution in [0.4, 0.5) is 0 Å². The van der Waals surface area contributed by atoms with E-state index >= 15 is 0 Å². The normalized spacial score (nSPS) is 17.8. The van der Waals surface area contributed by atoms with Crippen molar-refractivity contribution in [1.82, 2.24) is 4.31 Å². The number of ether oxygens (including phenoxy) is 2. The predicted octanol–water partition coefficient (Wildman–Crippen LogP) is 2.73. The van der Waals surface area contributed by atoms with Gasteiger partial charge in [0.1, 0.15) is 23.3 Å². The van der Waals surface area contributed by atoms with Gasteiger partial charge in [0.25, 0.3) is 0 Å². The zero-order valence-corrected chi connectivity index (χ0v) is 15.0. The zero-order valence-electron chi connectivity index (χ0n) is 14.2. The number of hydrogen-bond donors (Lipinski definition) is 1. The van der Waals surface area contributed by atoms with Gasteiger partial charge in [-0.25, -0.2) is 8.42 Å². The minimum absolute atomic E-state index is 0.0488. The lowest BCUT2D eigenvalue weighted by molar-refractivity contribution is -0.140. The van der Waals surface area contributed by atoms with Gasteiger partial charge in [0.05, 0.1) is 12.0 Å². The second kappa shape index (κ2) is 7.35. The monoisotopic (exact) mass is 377 g/mol. The fourth-order valence-corrected chi connectivity index (χ4v) is 4.52. The highest BCUT2D eigenvalue weighted by Gasteiger charge is 2.39. The van der Waals surface area contributed by atoms with Gasteiger partial charge in [0, 0.05) is 6.54 Å². The van der Waals surface area contributed by atoms with Crippen LogP contribution in [0.25, 0.3) is 0 Å². The zero-order chi connectivity index (χ0) is 18.7.